The second kappa shape index (κ2) is 16.3. The van der Waals surface area contributed by atoms with Crippen molar-refractivity contribution in [2.45, 2.75) is 148 Å². The zero-order valence-electron chi connectivity index (χ0n) is 31.0. The molecule has 2 fully saturated rings. The number of ether oxygens (including phenoxy) is 3. The monoisotopic (exact) mass is 699 g/mol. The number of hydrogen-bond acceptors (Lipinski definition) is 12. The Bertz CT molecular complexity index is 1240. The van der Waals surface area contributed by atoms with Crippen LogP contribution in [0.25, 0.3) is 0 Å². The molecule has 2 amide bonds. The van der Waals surface area contributed by atoms with E-state index in [4.69, 9.17) is 14.2 Å². The molecule has 1 aromatic rings. The summed E-state index contributed by atoms with van der Waals surface area (Å²) in [4.78, 5) is 28.0. The van der Waals surface area contributed by atoms with Crippen molar-refractivity contribution in [3.63, 3.8) is 0 Å². The average molecular weight is 700 g/mol. The van der Waals surface area contributed by atoms with Gasteiger partial charge in [0.2, 0.25) is 0 Å². The van der Waals surface area contributed by atoms with Crippen LogP contribution in [0.5, 0.6) is 0 Å². The number of hydrogen-bond donors (Lipinski definition) is 7. The highest BCUT2D eigenvalue weighted by molar-refractivity contribution is 5.88. The van der Waals surface area contributed by atoms with Gasteiger partial charge >= 0.3 is 12.0 Å². The van der Waals surface area contributed by atoms with E-state index < -0.39 is 90.0 Å². The van der Waals surface area contributed by atoms with Crippen LogP contribution in [0.2, 0.25) is 0 Å². The van der Waals surface area contributed by atoms with E-state index in [9.17, 15) is 35.1 Å². The largest absolute Gasteiger partial charge is 0.459 e. The summed E-state index contributed by atoms with van der Waals surface area (Å²) in [6.45, 7) is 15.4. The molecule has 0 saturated carbocycles. The normalized spacial score (nSPS) is 41.7. The minimum absolute atomic E-state index is 0.158. The maximum absolute atomic E-state index is 13.4. The minimum Gasteiger partial charge on any atom is -0.459 e. The number of aryl methyl sites for hydroxylation is 2. The predicted molar refractivity (Wildman–Crippen MR) is 181 cm³/mol. The predicted octanol–water partition coefficient (Wildman–Crippen LogP) is 1.28. The van der Waals surface area contributed by atoms with Crippen molar-refractivity contribution in [1.29, 1.82) is 0 Å². The average Bonchev–Trinajstić information content (AvgIpc) is 3.34. The molecule has 282 valence electrons. The van der Waals surface area contributed by atoms with Gasteiger partial charge < -0.3 is 50.0 Å². The highest BCUT2D eigenvalue weighted by Crippen LogP contribution is 2.36. The van der Waals surface area contributed by atoms with Gasteiger partial charge in [-0.25, -0.2) is 4.79 Å². The van der Waals surface area contributed by atoms with Gasteiger partial charge in [0.1, 0.15) is 23.9 Å². The first-order valence-corrected chi connectivity index (χ1v) is 17.4. The van der Waals surface area contributed by atoms with Crippen molar-refractivity contribution in [3.8, 4) is 0 Å². The van der Waals surface area contributed by atoms with Crippen molar-refractivity contribution in [2.75, 3.05) is 18.9 Å². The van der Waals surface area contributed by atoms with Crippen LogP contribution in [0.1, 0.15) is 80.3 Å². The van der Waals surface area contributed by atoms with E-state index in [-0.39, 0.29) is 18.8 Å². The Labute approximate surface area is 290 Å². The molecule has 15 heteroatoms. The number of carbonyl (C=O) groups is 2. The van der Waals surface area contributed by atoms with Gasteiger partial charge in [-0.05, 0) is 73.3 Å². The van der Waals surface area contributed by atoms with Crippen molar-refractivity contribution in [3.05, 3.63) is 11.8 Å². The molecule has 2 aliphatic rings. The zero-order chi connectivity index (χ0) is 37.2. The Kier molecular flexibility index (Phi) is 13.7. The molecule has 0 radical (unpaired) electrons. The van der Waals surface area contributed by atoms with Crippen molar-refractivity contribution in [2.24, 2.45) is 24.8 Å². The SMILES string of the molecule is CC[C@H]1OC(=O)[C@H](C)[C@@H](O)[C@H](C)[C@@H](O[C@@H]2O[C@H](C)C[C@H](N(C)C(=O)Nc3cc(C)n(C)n3)[C@H]2O)[C@](C)(O)C[C@@H](C)CN[C@H](C)[C@@H](O)[C@]1(C)O. The number of cyclic esters (lactones) is 1. The van der Waals surface area contributed by atoms with Gasteiger partial charge in [0.05, 0.1) is 35.9 Å². The number of anilines is 1. The van der Waals surface area contributed by atoms with Crippen LogP contribution in [-0.2, 0) is 26.1 Å². The number of nitrogens with zero attached hydrogens (tertiary/aromatic N) is 3. The van der Waals surface area contributed by atoms with E-state index in [1.54, 1.807) is 59.5 Å². The number of urea groups is 1. The molecule has 2 saturated heterocycles. The molecule has 0 bridgehead atoms. The van der Waals surface area contributed by atoms with Crippen molar-refractivity contribution >= 4 is 17.8 Å². The Morgan fingerprint density at radius 3 is 2.37 bits per heavy atom. The van der Waals surface area contributed by atoms with E-state index in [0.717, 1.165) is 5.69 Å². The number of rotatable bonds is 5. The van der Waals surface area contributed by atoms with E-state index in [1.807, 2.05) is 13.8 Å². The van der Waals surface area contributed by atoms with E-state index in [2.05, 4.69) is 15.7 Å². The summed E-state index contributed by atoms with van der Waals surface area (Å²) in [6, 6.07) is -0.105. The molecule has 3 rings (SSSR count). The minimum atomic E-state index is -1.80. The summed E-state index contributed by atoms with van der Waals surface area (Å²) >= 11 is 0. The van der Waals surface area contributed by atoms with Crippen LogP contribution in [0.4, 0.5) is 10.6 Å². The maximum Gasteiger partial charge on any atom is 0.323 e. The first kappa shape index (κ1) is 41.1. The fourth-order valence-electron chi connectivity index (χ4n) is 7.20. The zero-order valence-corrected chi connectivity index (χ0v) is 31.0. The molecule has 15 nitrogen and oxygen atoms in total. The lowest BCUT2D eigenvalue weighted by atomic mass is 9.78. The summed E-state index contributed by atoms with van der Waals surface area (Å²) < 4.78 is 19.8. The number of esters is 1. The first-order chi connectivity index (χ1) is 22.6. The van der Waals surface area contributed by atoms with Gasteiger partial charge in [0, 0.05) is 37.8 Å². The molecule has 0 spiro atoms. The molecule has 14 atom stereocenters. The molecule has 0 aliphatic carbocycles. The topological polar surface area (TPSA) is 208 Å². The third kappa shape index (κ3) is 9.50. The molecule has 49 heavy (non-hydrogen) atoms. The fourth-order valence-corrected chi connectivity index (χ4v) is 7.20. The molecular weight excluding hydrogens is 638 g/mol. The number of likely N-dealkylation sites (N-methyl/N-ethyl adjacent to an activating group) is 1. The lowest BCUT2D eigenvalue weighted by Gasteiger charge is -2.46. The van der Waals surface area contributed by atoms with E-state index >= 15 is 0 Å². The second-order valence-electron chi connectivity index (χ2n) is 15.0. The first-order valence-electron chi connectivity index (χ1n) is 17.4. The molecule has 2 aliphatic heterocycles. The molecule has 1 aromatic heterocycles. The van der Waals surface area contributed by atoms with Crippen LogP contribution in [0.15, 0.2) is 6.07 Å². The number of amides is 2. The third-order valence-electron chi connectivity index (χ3n) is 10.5. The number of aromatic nitrogens is 2. The Morgan fingerprint density at radius 1 is 1.16 bits per heavy atom. The van der Waals surface area contributed by atoms with Crippen LogP contribution >= 0.6 is 0 Å². The third-order valence-corrected chi connectivity index (χ3v) is 10.5. The van der Waals surface area contributed by atoms with Gasteiger partial charge in [0.15, 0.2) is 12.1 Å². The van der Waals surface area contributed by atoms with Crippen molar-refractivity contribution in [1.82, 2.24) is 20.0 Å². The summed E-state index contributed by atoms with van der Waals surface area (Å²) in [7, 11) is 3.32. The Balaban J connectivity index is 1.92. The van der Waals surface area contributed by atoms with Crippen LogP contribution in [-0.4, -0.2) is 132 Å². The smallest absolute Gasteiger partial charge is 0.323 e. The summed E-state index contributed by atoms with van der Waals surface area (Å²) in [5.74, 6) is -2.64. The summed E-state index contributed by atoms with van der Waals surface area (Å²) in [5.41, 5.74) is -2.56. The molecular formula is C34H61N5O10. The molecule has 0 unspecified atom stereocenters. The van der Waals surface area contributed by atoms with Crippen LogP contribution in [0, 0.1) is 24.7 Å². The van der Waals surface area contributed by atoms with Crippen molar-refractivity contribution < 1.29 is 49.3 Å². The number of aliphatic hydroxyl groups excluding tert-OH is 3. The number of aliphatic hydroxyl groups is 5. The molecule has 7 N–H and O–H groups in total. The number of nitrogens with one attached hydrogen (secondary N) is 2. The highest BCUT2D eigenvalue weighted by atomic mass is 16.7. The fraction of sp³-hybridized carbons (Fsp3) is 0.853. The van der Waals surface area contributed by atoms with E-state index in [0.29, 0.717) is 18.8 Å². The summed E-state index contributed by atoms with van der Waals surface area (Å²) in [6.07, 6.45) is -7.37. The van der Waals surface area contributed by atoms with Gasteiger partial charge in [-0.1, -0.05) is 20.8 Å². The Morgan fingerprint density at radius 2 is 1.80 bits per heavy atom. The lowest BCUT2D eigenvalue weighted by molar-refractivity contribution is -0.298. The van der Waals surface area contributed by atoms with Gasteiger partial charge in [-0.2, -0.15) is 5.10 Å². The van der Waals surface area contributed by atoms with E-state index in [1.165, 1.54) is 18.7 Å². The molecule has 0 aromatic carbocycles. The van der Waals surface area contributed by atoms with Crippen LogP contribution < -0.4 is 10.6 Å². The quantitative estimate of drug-likeness (QED) is 0.217. The standard InChI is InChI=1S/C34H61N5O10/c1-12-24-34(9,46)28(42)22(7)35-16-17(2)15-33(8,45)29(20(5)26(40)21(6)30(43)48-24)49-31-27(41)23(14-19(4)47-31)38(10)32(44)36-25-13-18(3)39(11)37-25/h13,17,19-24,26-29,31,35,40-42,45-46H,12,14-16H2,1-11H3,(H,36,37,44)/t17-,19-,20+,21-,22-,23+,24-,26+,27-,28-,29-,31+,33-,34-/m1/s1. The molecule has 3 heterocycles. The number of carbonyl (C=O) groups excluding carboxylic acids is 2. The van der Waals surface area contributed by atoms with Gasteiger partial charge in [0.25, 0.3) is 0 Å². The lowest BCUT2D eigenvalue weighted by Crippen LogP contribution is -2.60. The maximum atomic E-state index is 13.4. The highest BCUT2D eigenvalue weighted by Gasteiger charge is 2.50. The Hall–Kier alpha value is -2.37. The summed E-state index contributed by atoms with van der Waals surface area (Å²) in [5, 5.41) is 67.8. The van der Waals surface area contributed by atoms with Crippen LogP contribution in [0.3, 0.4) is 0 Å². The van der Waals surface area contributed by atoms with Gasteiger partial charge in [-0.3, -0.25) is 14.8 Å². The van der Waals surface area contributed by atoms with Gasteiger partial charge in [-0.15, -0.1) is 0 Å². The second-order valence-corrected chi connectivity index (χ2v) is 15.0.